The Morgan fingerprint density at radius 1 is 1.22 bits per heavy atom. The third-order valence-electron chi connectivity index (χ3n) is 3.01. The molecule has 0 radical (unpaired) electrons. The molecule has 18 heavy (non-hydrogen) atoms. The van der Waals surface area contributed by atoms with Crippen LogP contribution in [0.5, 0.6) is 5.75 Å². The van der Waals surface area contributed by atoms with Crippen LogP contribution >= 0.6 is 7.37 Å². The zero-order chi connectivity index (χ0) is 13.8. The van der Waals surface area contributed by atoms with Crippen molar-refractivity contribution >= 4 is 13.2 Å². The Morgan fingerprint density at radius 2 is 1.78 bits per heavy atom. The minimum Gasteiger partial charge on any atom is -0.443 e. The molecule has 2 unspecified atom stereocenters. The standard InChI is InChI=1S/C14H21O3P/c1-11(2)18(16,10-12(3)13(4)15)17-14-8-6-5-7-9-14/h5-9,11-12H,10H2,1-4H3. The molecule has 100 valence electrons. The topological polar surface area (TPSA) is 43.4 Å². The summed E-state index contributed by atoms with van der Waals surface area (Å²) in [6.45, 7) is 7.07. The molecule has 1 rings (SSSR count). The molecule has 0 N–H and O–H groups in total. The van der Waals surface area contributed by atoms with Crippen LogP contribution in [0.15, 0.2) is 30.3 Å². The molecule has 0 saturated heterocycles. The first-order valence-corrected chi connectivity index (χ1v) is 8.07. The van der Waals surface area contributed by atoms with Gasteiger partial charge in [-0.2, -0.15) is 0 Å². The number of hydrogen-bond donors (Lipinski definition) is 0. The maximum atomic E-state index is 12.8. The highest BCUT2D eigenvalue weighted by atomic mass is 31.2. The van der Waals surface area contributed by atoms with Gasteiger partial charge in [0.05, 0.1) is 0 Å². The first kappa shape index (κ1) is 15.0. The van der Waals surface area contributed by atoms with Gasteiger partial charge in [-0.05, 0) is 19.1 Å². The number of rotatable bonds is 6. The number of hydrogen-bond acceptors (Lipinski definition) is 3. The Hall–Kier alpha value is -1.08. The zero-order valence-electron chi connectivity index (χ0n) is 11.4. The van der Waals surface area contributed by atoms with Gasteiger partial charge in [-0.25, -0.2) is 0 Å². The van der Waals surface area contributed by atoms with E-state index in [1.165, 1.54) is 6.92 Å². The van der Waals surface area contributed by atoms with E-state index in [-0.39, 0.29) is 17.4 Å². The van der Waals surface area contributed by atoms with Crippen molar-refractivity contribution < 1.29 is 13.9 Å². The summed E-state index contributed by atoms with van der Waals surface area (Å²) in [6.07, 6.45) is 0.300. The summed E-state index contributed by atoms with van der Waals surface area (Å²) in [5.41, 5.74) is -0.0977. The molecule has 0 aliphatic carbocycles. The molecule has 4 heteroatoms. The zero-order valence-corrected chi connectivity index (χ0v) is 12.3. The van der Waals surface area contributed by atoms with Crippen molar-refractivity contribution in [3.63, 3.8) is 0 Å². The predicted octanol–water partition coefficient (Wildman–Crippen LogP) is 3.98. The highest BCUT2D eigenvalue weighted by Crippen LogP contribution is 2.52. The number of carbonyl (C=O) groups excluding carboxylic acids is 1. The van der Waals surface area contributed by atoms with Crippen molar-refractivity contribution in [2.75, 3.05) is 6.16 Å². The largest absolute Gasteiger partial charge is 0.443 e. The third kappa shape index (κ3) is 3.99. The van der Waals surface area contributed by atoms with E-state index in [1.807, 2.05) is 32.0 Å². The molecule has 0 aromatic heterocycles. The molecule has 3 nitrogen and oxygen atoms in total. The van der Waals surface area contributed by atoms with Crippen LogP contribution in [-0.2, 0) is 9.36 Å². The summed E-state index contributed by atoms with van der Waals surface area (Å²) in [5, 5.41) is 0. The predicted molar refractivity (Wildman–Crippen MR) is 74.5 cm³/mol. The lowest BCUT2D eigenvalue weighted by Gasteiger charge is -2.25. The van der Waals surface area contributed by atoms with E-state index >= 15 is 0 Å². The molecular formula is C14H21O3P. The third-order valence-corrected chi connectivity index (χ3v) is 6.16. The average molecular weight is 268 g/mol. The van der Waals surface area contributed by atoms with Crippen LogP contribution < -0.4 is 4.52 Å². The first-order valence-electron chi connectivity index (χ1n) is 6.19. The fraction of sp³-hybridized carbons (Fsp3) is 0.500. The van der Waals surface area contributed by atoms with Crippen molar-refractivity contribution in [2.24, 2.45) is 5.92 Å². The lowest BCUT2D eigenvalue weighted by Crippen LogP contribution is -2.18. The quantitative estimate of drug-likeness (QED) is 0.733. The number of carbonyl (C=O) groups is 1. The molecule has 0 heterocycles. The Kier molecular flexibility index (Phi) is 5.15. The summed E-state index contributed by atoms with van der Waals surface area (Å²) >= 11 is 0. The molecule has 0 spiro atoms. The Morgan fingerprint density at radius 3 is 2.22 bits per heavy atom. The molecule has 2 atom stereocenters. The van der Waals surface area contributed by atoms with E-state index in [4.69, 9.17) is 4.52 Å². The second-order valence-electron chi connectivity index (χ2n) is 4.92. The minimum atomic E-state index is -2.84. The van der Waals surface area contributed by atoms with E-state index in [0.717, 1.165) is 0 Å². The molecule has 0 aliphatic heterocycles. The van der Waals surface area contributed by atoms with E-state index in [9.17, 15) is 9.36 Å². The summed E-state index contributed by atoms with van der Waals surface area (Å²) in [4.78, 5) is 11.3. The number of benzene rings is 1. The molecule has 1 aromatic rings. The fourth-order valence-electron chi connectivity index (χ4n) is 1.52. The summed E-state index contributed by atoms with van der Waals surface area (Å²) in [6, 6.07) is 9.13. The Balaban J connectivity index is 2.88. The maximum absolute atomic E-state index is 12.8. The van der Waals surface area contributed by atoms with Crippen LogP contribution in [0.2, 0.25) is 0 Å². The summed E-state index contributed by atoms with van der Waals surface area (Å²) in [7, 11) is -2.84. The Labute approximate surface area is 109 Å². The van der Waals surface area contributed by atoms with Gasteiger partial charge >= 0.3 is 0 Å². The average Bonchev–Trinajstić information content (AvgIpc) is 2.29. The summed E-state index contributed by atoms with van der Waals surface area (Å²) in [5.74, 6) is 0.416. The van der Waals surface area contributed by atoms with E-state index < -0.39 is 7.37 Å². The van der Waals surface area contributed by atoms with Crippen LogP contribution in [0, 0.1) is 5.92 Å². The van der Waals surface area contributed by atoms with Crippen LogP contribution in [0.1, 0.15) is 27.7 Å². The minimum absolute atomic E-state index is 0.0486. The number of para-hydroxylation sites is 1. The van der Waals surface area contributed by atoms with Gasteiger partial charge in [0.2, 0.25) is 0 Å². The molecule has 0 fully saturated rings. The van der Waals surface area contributed by atoms with E-state index in [2.05, 4.69) is 0 Å². The number of ketones is 1. The van der Waals surface area contributed by atoms with Gasteiger partial charge in [-0.1, -0.05) is 39.0 Å². The smallest absolute Gasteiger partial charge is 0.251 e. The highest BCUT2D eigenvalue weighted by molar-refractivity contribution is 7.60. The van der Waals surface area contributed by atoms with Gasteiger partial charge in [0.1, 0.15) is 11.5 Å². The lowest BCUT2D eigenvalue weighted by molar-refractivity contribution is -0.119. The molecule has 0 saturated carbocycles. The lowest BCUT2D eigenvalue weighted by atomic mass is 10.1. The van der Waals surface area contributed by atoms with Gasteiger partial charge in [-0.3, -0.25) is 9.36 Å². The monoisotopic (exact) mass is 268 g/mol. The van der Waals surface area contributed by atoms with Crippen molar-refractivity contribution in [2.45, 2.75) is 33.4 Å². The second-order valence-corrected chi connectivity index (χ2v) is 7.95. The highest BCUT2D eigenvalue weighted by Gasteiger charge is 2.32. The fourth-order valence-corrected chi connectivity index (χ4v) is 3.73. The van der Waals surface area contributed by atoms with Gasteiger partial charge in [-0.15, -0.1) is 0 Å². The first-order chi connectivity index (χ1) is 8.35. The Bertz CT molecular complexity index is 440. The summed E-state index contributed by atoms with van der Waals surface area (Å²) < 4.78 is 18.5. The molecular weight excluding hydrogens is 247 g/mol. The van der Waals surface area contributed by atoms with E-state index in [1.54, 1.807) is 19.1 Å². The van der Waals surface area contributed by atoms with Crippen LogP contribution in [0.25, 0.3) is 0 Å². The van der Waals surface area contributed by atoms with Crippen LogP contribution in [0.3, 0.4) is 0 Å². The molecule has 0 aliphatic rings. The van der Waals surface area contributed by atoms with Gasteiger partial charge in [0, 0.05) is 17.7 Å². The van der Waals surface area contributed by atoms with Crippen molar-refractivity contribution in [3.05, 3.63) is 30.3 Å². The van der Waals surface area contributed by atoms with Gasteiger partial charge < -0.3 is 4.52 Å². The maximum Gasteiger partial charge on any atom is 0.251 e. The van der Waals surface area contributed by atoms with E-state index in [0.29, 0.717) is 11.9 Å². The van der Waals surface area contributed by atoms with Crippen molar-refractivity contribution in [3.8, 4) is 5.75 Å². The number of Topliss-reactive ketones (excluding diaryl/α,β-unsaturated/α-hetero) is 1. The van der Waals surface area contributed by atoms with Crippen molar-refractivity contribution in [1.29, 1.82) is 0 Å². The SMILES string of the molecule is CC(=O)C(C)CP(=O)(Oc1ccccc1)C(C)C. The van der Waals surface area contributed by atoms with Gasteiger partial charge in [0.25, 0.3) is 7.37 Å². The van der Waals surface area contributed by atoms with Gasteiger partial charge in [0.15, 0.2) is 0 Å². The second kappa shape index (κ2) is 6.19. The van der Waals surface area contributed by atoms with Crippen molar-refractivity contribution in [1.82, 2.24) is 0 Å². The normalized spacial score (nSPS) is 16.1. The molecule has 1 aromatic carbocycles. The molecule has 0 bridgehead atoms. The van der Waals surface area contributed by atoms with Crippen LogP contribution in [-0.4, -0.2) is 17.6 Å². The van der Waals surface area contributed by atoms with Crippen LogP contribution in [0.4, 0.5) is 0 Å². The molecule has 0 amide bonds.